The van der Waals surface area contributed by atoms with E-state index in [1.807, 2.05) is 12.1 Å². The molecule has 0 saturated heterocycles. The Morgan fingerprint density at radius 1 is 1.50 bits per heavy atom. The first kappa shape index (κ1) is 13.1. The fourth-order valence-corrected chi connectivity index (χ4v) is 1.80. The van der Waals surface area contributed by atoms with Gasteiger partial charge in [-0.2, -0.15) is 0 Å². The highest BCUT2D eigenvalue weighted by molar-refractivity contribution is 5.85. The second kappa shape index (κ2) is 5.41. The Labute approximate surface area is 102 Å². The molecular weight excluding hydrogens is 226 g/mol. The SMILES string of the molecule is COc1ccc([C@@H](N)CC2CC2)c(O)c1.Cl. The summed E-state index contributed by atoms with van der Waals surface area (Å²) in [7, 11) is 1.58. The summed E-state index contributed by atoms with van der Waals surface area (Å²) in [5.74, 6) is 1.67. The van der Waals surface area contributed by atoms with Crippen molar-refractivity contribution < 1.29 is 9.84 Å². The Kier molecular flexibility index (Phi) is 4.44. The molecule has 0 spiro atoms. The molecule has 2 rings (SSSR count). The smallest absolute Gasteiger partial charge is 0.124 e. The Morgan fingerprint density at radius 3 is 2.69 bits per heavy atom. The first-order chi connectivity index (χ1) is 7.20. The van der Waals surface area contributed by atoms with Crippen molar-refractivity contribution in [1.82, 2.24) is 0 Å². The van der Waals surface area contributed by atoms with Crippen molar-refractivity contribution in [1.29, 1.82) is 0 Å². The molecular formula is C12H18ClNO2. The number of halogens is 1. The average Bonchev–Trinajstić information content (AvgIpc) is 3.01. The van der Waals surface area contributed by atoms with E-state index >= 15 is 0 Å². The summed E-state index contributed by atoms with van der Waals surface area (Å²) >= 11 is 0. The Morgan fingerprint density at radius 2 is 2.19 bits per heavy atom. The first-order valence-corrected chi connectivity index (χ1v) is 5.33. The van der Waals surface area contributed by atoms with Gasteiger partial charge in [-0.15, -0.1) is 12.4 Å². The summed E-state index contributed by atoms with van der Waals surface area (Å²) < 4.78 is 5.02. The van der Waals surface area contributed by atoms with Crippen molar-refractivity contribution in [3.05, 3.63) is 23.8 Å². The Hall–Kier alpha value is -0.930. The van der Waals surface area contributed by atoms with Crippen molar-refractivity contribution in [3.63, 3.8) is 0 Å². The maximum atomic E-state index is 9.77. The minimum absolute atomic E-state index is 0. The van der Waals surface area contributed by atoms with E-state index in [4.69, 9.17) is 10.5 Å². The van der Waals surface area contributed by atoms with Gasteiger partial charge in [0.1, 0.15) is 11.5 Å². The van der Waals surface area contributed by atoms with E-state index < -0.39 is 0 Å². The normalized spacial score (nSPS) is 16.4. The van der Waals surface area contributed by atoms with Gasteiger partial charge in [0.15, 0.2) is 0 Å². The number of ether oxygens (including phenoxy) is 1. The zero-order valence-corrected chi connectivity index (χ0v) is 10.2. The molecule has 1 aliphatic rings. The topological polar surface area (TPSA) is 55.5 Å². The van der Waals surface area contributed by atoms with Crippen LogP contribution >= 0.6 is 12.4 Å². The molecule has 0 aromatic heterocycles. The summed E-state index contributed by atoms with van der Waals surface area (Å²) in [6, 6.07) is 5.24. The number of phenolic OH excluding ortho intramolecular Hbond substituents is 1. The summed E-state index contributed by atoms with van der Waals surface area (Å²) in [5, 5.41) is 9.77. The minimum atomic E-state index is -0.0524. The number of rotatable bonds is 4. The minimum Gasteiger partial charge on any atom is -0.507 e. The molecule has 1 aromatic carbocycles. The van der Waals surface area contributed by atoms with Crippen LogP contribution in [0.2, 0.25) is 0 Å². The van der Waals surface area contributed by atoms with Gasteiger partial charge < -0.3 is 15.6 Å². The number of phenols is 1. The van der Waals surface area contributed by atoms with Crippen LogP contribution in [0.4, 0.5) is 0 Å². The van der Waals surface area contributed by atoms with E-state index in [1.54, 1.807) is 13.2 Å². The lowest BCUT2D eigenvalue weighted by molar-refractivity contribution is 0.404. The van der Waals surface area contributed by atoms with Crippen molar-refractivity contribution in [2.45, 2.75) is 25.3 Å². The lowest BCUT2D eigenvalue weighted by Crippen LogP contribution is -2.11. The van der Waals surface area contributed by atoms with E-state index in [9.17, 15) is 5.11 Å². The molecule has 0 unspecified atom stereocenters. The Bertz CT molecular complexity index is 353. The van der Waals surface area contributed by atoms with Crippen LogP contribution in [0.3, 0.4) is 0 Å². The van der Waals surface area contributed by atoms with Crippen LogP contribution in [-0.2, 0) is 0 Å². The lowest BCUT2D eigenvalue weighted by Gasteiger charge is -2.13. The van der Waals surface area contributed by atoms with E-state index in [-0.39, 0.29) is 24.2 Å². The summed E-state index contributed by atoms with van der Waals surface area (Å²) in [4.78, 5) is 0. The molecule has 4 heteroatoms. The number of aromatic hydroxyl groups is 1. The van der Waals surface area contributed by atoms with Crippen LogP contribution in [0.15, 0.2) is 18.2 Å². The average molecular weight is 244 g/mol. The molecule has 1 aromatic rings. The van der Waals surface area contributed by atoms with Crippen LogP contribution in [0.25, 0.3) is 0 Å². The number of nitrogens with two attached hydrogens (primary N) is 1. The van der Waals surface area contributed by atoms with Crippen LogP contribution < -0.4 is 10.5 Å². The van der Waals surface area contributed by atoms with Crippen molar-refractivity contribution in [3.8, 4) is 11.5 Å². The standard InChI is InChI=1S/C12H17NO2.ClH/c1-15-9-4-5-10(12(14)7-9)11(13)6-8-2-3-8;/h4-5,7-8,11,14H,2-3,6,13H2,1H3;1H/t11-;/m0./s1. The van der Waals surface area contributed by atoms with Gasteiger partial charge in [0.25, 0.3) is 0 Å². The molecule has 90 valence electrons. The number of methoxy groups -OCH3 is 1. The van der Waals surface area contributed by atoms with Crippen molar-refractivity contribution >= 4 is 12.4 Å². The third-order valence-electron chi connectivity index (χ3n) is 2.92. The van der Waals surface area contributed by atoms with Gasteiger partial charge in [0.2, 0.25) is 0 Å². The molecule has 0 bridgehead atoms. The second-order valence-corrected chi connectivity index (χ2v) is 4.21. The van der Waals surface area contributed by atoms with Crippen LogP contribution in [0.1, 0.15) is 30.9 Å². The zero-order valence-electron chi connectivity index (χ0n) is 9.35. The van der Waals surface area contributed by atoms with E-state index in [0.717, 1.165) is 17.9 Å². The maximum Gasteiger partial charge on any atom is 0.124 e. The van der Waals surface area contributed by atoms with Gasteiger partial charge in [0.05, 0.1) is 7.11 Å². The molecule has 1 saturated carbocycles. The third kappa shape index (κ3) is 3.03. The van der Waals surface area contributed by atoms with Crippen molar-refractivity contribution in [2.24, 2.45) is 11.7 Å². The highest BCUT2D eigenvalue weighted by Gasteiger charge is 2.25. The quantitative estimate of drug-likeness (QED) is 0.855. The highest BCUT2D eigenvalue weighted by Crippen LogP contribution is 2.39. The largest absolute Gasteiger partial charge is 0.507 e. The lowest BCUT2D eigenvalue weighted by atomic mass is 10.0. The zero-order chi connectivity index (χ0) is 10.8. The number of hydrogen-bond donors (Lipinski definition) is 2. The number of benzene rings is 1. The molecule has 3 N–H and O–H groups in total. The molecule has 0 radical (unpaired) electrons. The van der Waals surface area contributed by atoms with Crippen LogP contribution in [0, 0.1) is 5.92 Å². The summed E-state index contributed by atoms with van der Waals surface area (Å²) in [6.45, 7) is 0. The molecule has 0 heterocycles. The number of hydrogen-bond acceptors (Lipinski definition) is 3. The molecule has 1 fully saturated rings. The predicted molar refractivity (Wildman–Crippen MR) is 66.2 cm³/mol. The van der Waals surface area contributed by atoms with E-state index in [1.165, 1.54) is 12.8 Å². The molecule has 16 heavy (non-hydrogen) atoms. The van der Waals surface area contributed by atoms with Crippen LogP contribution in [-0.4, -0.2) is 12.2 Å². The molecule has 0 amide bonds. The fraction of sp³-hybridized carbons (Fsp3) is 0.500. The van der Waals surface area contributed by atoms with Gasteiger partial charge in [-0.05, 0) is 18.4 Å². The van der Waals surface area contributed by atoms with Gasteiger partial charge in [0, 0.05) is 17.7 Å². The molecule has 3 nitrogen and oxygen atoms in total. The second-order valence-electron chi connectivity index (χ2n) is 4.21. The van der Waals surface area contributed by atoms with Gasteiger partial charge in [-0.25, -0.2) is 0 Å². The molecule has 0 aliphatic heterocycles. The molecule has 1 atom stereocenters. The first-order valence-electron chi connectivity index (χ1n) is 5.33. The van der Waals surface area contributed by atoms with Gasteiger partial charge >= 0.3 is 0 Å². The highest BCUT2D eigenvalue weighted by atomic mass is 35.5. The maximum absolute atomic E-state index is 9.77. The van der Waals surface area contributed by atoms with E-state index in [0.29, 0.717) is 5.75 Å². The van der Waals surface area contributed by atoms with Gasteiger partial charge in [-0.1, -0.05) is 18.9 Å². The van der Waals surface area contributed by atoms with E-state index in [2.05, 4.69) is 0 Å². The summed E-state index contributed by atoms with van der Waals surface area (Å²) in [5.41, 5.74) is 6.85. The Balaban J connectivity index is 0.00000128. The van der Waals surface area contributed by atoms with Gasteiger partial charge in [-0.3, -0.25) is 0 Å². The third-order valence-corrected chi connectivity index (χ3v) is 2.92. The van der Waals surface area contributed by atoms with Crippen molar-refractivity contribution in [2.75, 3.05) is 7.11 Å². The predicted octanol–water partition coefficient (Wildman–Crippen LogP) is 2.62. The summed E-state index contributed by atoms with van der Waals surface area (Å²) in [6.07, 6.45) is 3.54. The monoisotopic (exact) mass is 243 g/mol. The molecule has 1 aliphatic carbocycles. The van der Waals surface area contributed by atoms with Crippen LogP contribution in [0.5, 0.6) is 11.5 Å². The fourth-order valence-electron chi connectivity index (χ4n) is 1.80.